The largest absolute Gasteiger partial charge is 0.456 e. The first kappa shape index (κ1) is 18.4. The topological polar surface area (TPSA) is 90.5 Å². The molecule has 0 atom stereocenters. The maximum atomic E-state index is 11.9. The number of fused-ring (bicyclic) bond motifs is 1. The summed E-state index contributed by atoms with van der Waals surface area (Å²) in [6.07, 6.45) is 0.822. The van der Waals surface area contributed by atoms with Crippen LogP contribution < -0.4 is 11.1 Å². The van der Waals surface area contributed by atoms with E-state index in [-0.39, 0.29) is 19.6 Å². The zero-order chi connectivity index (χ0) is 19.2. The van der Waals surface area contributed by atoms with E-state index in [1.807, 2.05) is 25.1 Å². The number of oxazole rings is 1. The highest BCUT2D eigenvalue weighted by Crippen LogP contribution is 2.13. The SMILES string of the molecule is CCc1cccc(NC(=O)COC(=O)CCn2c(=O)oc3ccccc32)c1. The molecule has 0 unspecified atom stereocenters. The van der Waals surface area contributed by atoms with Crippen molar-refractivity contribution in [1.82, 2.24) is 4.57 Å². The zero-order valence-electron chi connectivity index (χ0n) is 14.9. The Bertz CT molecular complexity index is 1020. The summed E-state index contributed by atoms with van der Waals surface area (Å²) in [5.74, 6) is -1.51. The monoisotopic (exact) mass is 368 g/mol. The van der Waals surface area contributed by atoms with Crippen molar-refractivity contribution in [2.45, 2.75) is 26.3 Å². The Morgan fingerprint density at radius 1 is 1.15 bits per heavy atom. The molecule has 27 heavy (non-hydrogen) atoms. The second kappa shape index (κ2) is 8.35. The molecule has 1 aromatic heterocycles. The molecule has 0 aliphatic carbocycles. The molecule has 1 N–H and O–H groups in total. The molecule has 7 heteroatoms. The van der Waals surface area contributed by atoms with Crippen LogP contribution in [0.5, 0.6) is 0 Å². The molecule has 3 rings (SSSR count). The number of benzene rings is 2. The van der Waals surface area contributed by atoms with Gasteiger partial charge in [0.05, 0.1) is 11.9 Å². The number of amides is 1. The number of carbonyl (C=O) groups excluding carboxylic acids is 2. The van der Waals surface area contributed by atoms with Crippen LogP contribution in [0.1, 0.15) is 18.9 Å². The number of esters is 1. The van der Waals surface area contributed by atoms with Crippen LogP contribution in [0.15, 0.2) is 57.7 Å². The fourth-order valence-electron chi connectivity index (χ4n) is 2.71. The molecule has 1 heterocycles. The molecule has 0 radical (unpaired) electrons. The van der Waals surface area contributed by atoms with Gasteiger partial charge in [-0.15, -0.1) is 0 Å². The van der Waals surface area contributed by atoms with E-state index in [4.69, 9.17) is 9.15 Å². The second-order valence-corrected chi connectivity index (χ2v) is 6.00. The number of carbonyl (C=O) groups is 2. The Morgan fingerprint density at radius 2 is 1.96 bits per heavy atom. The first-order valence-electron chi connectivity index (χ1n) is 8.69. The lowest BCUT2D eigenvalue weighted by atomic mass is 10.1. The minimum absolute atomic E-state index is 0.0396. The molecule has 0 fully saturated rings. The summed E-state index contributed by atoms with van der Waals surface area (Å²) in [5.41, 5.74) is 2.84. The van der Waals surface area contributed by atoms with E-state index in [9.17, 15) is 14.4 Å². The highest BCUT2D eigenvalue weighted by atomic mass is 16.5. The van der Waals surface area contributed by atoms with Crippen molar-refractivity contribution in [3.8, 4) is 0 Å². The third-order valence-electron chi connectivity index (χ3n) is 4.10. The molecule has 2 aromatic carbocycles. The molecular weight excluding hydrogens is 348 g/mol. The number of nitrogens with zero attached hydrogens (tertiary/aromatic N) is 1. The van der Waals surface area contributed by atoms with Gasteiger partial charge in [0.25, 0.3) is 5.91 Å². The van der Waals surface area contributed by atoms with Crippen molar-refractivity contribution < 1.29 is 18.7 Å². The normalized spacial score (nSPS) is 10.7. The predicted octanol–water partition coefficient (Wildman–Crippen LogP) is 2.73. The summed E-state index contributed by atoms with van der Waals surface area (Å²) in [6.45, 7) is 1.77. The van der Waals surface area contributed by atoms with Crippen molar-refractivity contribution in [2.75, 3.05) is 11.9 Å². The summed E-state index contributed by atoms with van der Waals surface area (Å²) >= 11 is 0. The van der Waals surface area contributed by atoms with E-state index in [1.165, 1.54) is 4.57 Å². The highest BCUT2D eigenvalue weighted by Gasteiger charge is 2.12. The van der Waals surface area contributed by atoms with Crippen molar-refractivity contribution in [2.24, 2.45) is 0 Å². The molecule has 0 saturated carbocycles. The van der Waals surface area contributed by atoms with Gasteiger partial charge in [-0.25, -0.2) is 4.79 Å². The fourth-order valence-corrected chi connectivity index (χ4v) is 2.71. The molecule has 0 saturated heterocycles. The average Bonchev–Trinajstić information content (AvgIpc) is 3.00. The Balaban J connectivity index is 1.50. The molecule has 0 spiro atoms. The van der Waals surface area contributed by atoms with Gasteiger partial charge in [-0.2, -0.15) is 0 Å². The maximum Gasteiger partial charge on any atom is 0.419 e. The number of nitrogens with one attached hydrogen (secondary N) is 1. The van der Waals surface area contributed by atoms with Crippen LogP contribution in [0.2, 0.25) is 0 Å². The standard InChI is InChI=1S/C20H20N2O5/c1-2-14-6-5-7-15(12-14)21-18(23)13-26-19(24)10-11-22-16-8-3-4-9-17(16)27-20(22)25/h3-9,12H,2,10-11,13H2,1H3,(H,21,23). The summed E-state index contributed by atoms with van der Waals surface area (Å²) in [4.78, 5) is 35.7. The second-order valence-electron chi connectivity index (χ2n) is 6.00. The van der Waals surface area contributed by atoms with Gasteiger partial charge in [0, 0.05) is 12.2 Å². The molecule has 3 aromatic rings. The van der Waals surface area contributed by atoms with Crippen LogP contribution >= 0.6 is 0 Å². The Morgan fingerprint density at radius 3 is 2.78 bits per heavy atom. The van der Waals surface area contributed by atoms with Crippen LogP contribution in [-0.4, -0.2) is 23.1 Å². The Labute approximate surface area is 155 Å². The van der Waals surface area contributed by atoms with Gasteiger partial charge in [0.1, 0.15) is 0 Å². The van der Waals surface area contributed by atoms with Crippen LogP contribution in [0.3, 0.4) is 0 Å². The number of anilines is 1. The summed E-state index contributed by atoms with van der Waals surface area (Å²) in [7, 11) is 0. The molecule has 0 aliphatic rings. The van der Waals surface area contributed by atoms with Crippen LogP contribution in [-0.2, 0) is 27.3 Å². The number of aromatic nitrogens is 1. The van der Waals surface area contributed by atoms with Crippen LogP contribution in [0, 0.1) is 0 Å². The lowest BCUT2D eigenvalue weighted by molar-refractivity contribution is -0.147. The number of aryl methyl sites for hydroxylation is 2. The third kappa shape index (κ3) is 4.63. The summed E-state index contributed by atoms with van der Waals surface area (Å²) in [5, 5.41) is 2.69. The van der Waals surface area contributed by atoms with Crippen LogP contribution in [0.25, 0.3) is 11.1 Å². The zero-order valence-corrected chi connectivity index (χ0v) is 14.9. The Hall–Kier alpha value is -3.35. The van der Waals surface area contributed by atoms with Gasteiger partial charge in [0.2, 0.25) is 0 Å². The quantitative estimate of drug-likeness (QED) is 0.648. The molecule has 1 amide bonds. The maximum absolute atomic E-state index is 11.9. The molecule has 140 valence electrons. The van der Waals surface area contributed by atoms with E-state index >= 15 is 0 Å². The number of ether oxygens (including phenoxy) is 1. The van der Waals surface area contributed by atoms with Crippen molar-refractivity contribution in [1.29, 1.82) is 0 Å². The van der Waals surface area contributed by atoms with Gasteiger partial charge in [0.15, 0.2) is 12.2 Å². The molecule has 7 nitrogen and oxygen atoms in total. The lowest BCUT2D eigenvalue weighted by Crippen LogP contribution is -2.22. The summed E-state index contributed by atoms with van der Waals surface area (Å²) in [6, 6.07) is 14.4. The first-order chi connectivity index (χ1) is 13.1. The van der Waals surface area contributed by atoms with E-state index in [1.54, 1.807) is 30.3 Å². The van der Waals surface area contributed by atoms with Crippen LogP contribution in [0.4, 0.5) is 5.69 Å². The smallest absolute Gasteiger partial charge is 0.419 e. The van der Waals surface area contributed by atoms with Gasteiger partial charge in [-0.05, 0) is 36.2 Å². The Kier molecular flexibility index (Phi) is 5.71. The highest BCUT2D eigenvalue weighted by molar-refractivity contribution is 5.92. The van der Waals surface area contributed by atoms with Gasteiger partial charge < -0.3 is 14.5 Å². The fraction of sp³-hybridized carbons (Fsp3) is 0.250. The number of hydrogen-bond acceptors (Lipinski definition) is 5. The number of para-hydroxylation sites is 2. The summed E-state index contributed by atoms with van der Waals surface area (Å²) < 4.78 is 11.5. The molecule has 0 bridgehead atoms. The van der Waals surface area contributed by atoms with Gasteiger partial charge >= 0.3 is 11.7 Å². The lowest BCUT2D eigenvalue weighted by Gasteiger charge is -2.08. The predicted molar refractivity (Wildman–Crippen MR) is 100 cm³/mol. The van der Waals surface area contributed by atoms with Gasteiger partial charge in [-0.1, -0.05) is 31.2 Å². The van der Waals surface area contributed by atoms with Crippen molar-refractivity contribution in [3.05, 3.63) is 64.6 Å². The van der Waals surface area contributed by atoms with E-state index in [0.29, 0.717) is 16.8 Å². The average molecular weight is 368 g/mol. The van der Waals surface area contributed by atoms with E-state index in [0.717, 1.165) is 12.0 Å². The van der Waals surface area contributed by atoms with Crippen molar-refractivity contribution in [3.63, 3.8) is 0 Å². The van der Waals surface area contributed by atoms with Gasteiger partial charge in [-0.3, -0.25) is 14.2 Å². The molecular formula is C20H20N2O5. The number of rotatable bonds is 7. The van der Waals surface area contributed by atoms with E-state index in [2.05, 4.69) is 5.32 Å². The number of hydrogen-bond donors (Lipinski definition) is 1. The molecule has 0 aliphatic heterocycles. The van der Waals surface area contributed by atoms with E-state index < -0.39 is 17.6 Å². The minimum atomic E-state index is -0.565. The first-order valence-corrected chi connectivity index (χ1v) is 8.69. The third-order valence-corrected chi connectivity index (χ3v) is 4.10. The minimum Gasteiger partial charge on any atom is -0.456 e. The van der Waals surface area contributed by atoms with Crippen molar-refractivity contribution >= 4 is 28.7 Å².